The van der Waals surface area contributed by atoms with Gasteiger partial charge in [-0.15, -0.1) is 11.8 Å². The molecule has 5 heteroatoms. The van der Waals surface area contributed by atoms with Gasteiger partial charge in [-0.05, 0) is 33.6 Å². The number of rotatable bonds is 5. The van der Waals surface area contributed by atoms with Crippen molar-refractivity contribution >= 4 is 23.5 Å². The lowest BCUT2D eigenvalue weighted by molar-refractivity contribution is -0.115. The highest BCUT2D eigenvalue weighted by Gasteiger charge is 2.23. The van der Waals surface area contributed by atoms with Gasteiger partial charge in [-0.25, -0.2) is 4.68 Å². The van der Waals surface area contributed by atoms with E-state index in [1.54, 1.807) is 6.20 Å². The van der Waals surface area contributed by atoms with E-state index in [1.165, 1.54) is 25.7 Å². The van der Waals surface area contributed by atoms with Crippen LogP contribution >= 0.6 is 11.8 Å². The van der Waals surface area contributed by atoms with Gasteiger partial charge in [-0.3, -0.25) is 4.79 Å². The molecule has 106 valence electrons. The zero-order valence-electron chi connectivity index (χ0n) is 11.9. The molecular formula is C14H23N3OS. The molecule has 2 rings (SSSR count). The van der Waals surface area contributed by atoms with Crippen molar-refractivity contribution < 1.29 is 4.79 Å². The molecule has 4 nitrogen and oxygen atoms in total. The lowest BCUT2D eigenvalue weighted by Crippen LogP contribution is -2.26. The Bertz CT molecular complexity index is 424. The summed E-state index contributed by atoms with van der Waals surface area (Å²) in [5, 5.41) is 7.87. The predicted octanol–water partition coefficient (Wildman–Crippen LogP) is 3.47. The number of hydrogen-bond acceptors (Lipinski definition) is 3. The summed E-state index contributed by atoms with van der Waals surface area (Å²) in [6.45, 7) is 6.10. The molecule has 0 aliphatic heterocycles. The molecule has 1 amide bonds. The SMILES string of the molecule is CC(C)n1nccc1NC(=O)[C@@H](C)SC1CCCC1. The maximum atomic E-state index is 12.2. The number of nitrogens with zero attached hydrogens (tertiary/aromatic N) is 2. The number of carbonyl (C=O) groups is 1. The van der Waals surface area contributed by atoms with Crippen molar-refractivity contribution in [3.63, 3.8) is 0 Å². The lowest BCUT2D eigenvalue weighted by Gasteiger charge is -2.17. The van der Waals surface area contributed by atoms with E-state index < -0.39 is 0 Å². The highest BCUT2D eigenvalue weighted by atomic mass is 32.2. The average molecular weight is 281 g/mol. The third-order valence-electron chi connectivity index (χ3n) is 3.48. The summed E-state index contributed by atoms with van der Waals surface area (Å²) in [7, 11) is 0. The van der Waals surface area contributed by atoms with Gasteiger partial charge in [0.1, 0.15) is 5.82 Å². The highest BCUT2D eigenvalue weighted by molar-refractivity contribution is 8.01. The first-order valence-electron chi connectivity index (χ1n) is 7.07. The number of thioether (sulfide) groups is 1. The summed E-state index contributed by atoms with van der Waals surface area (Å²) in [5.74, 6) is 0.873. The summed E-state index contributed by atoms with van der Waals surface area (Å²) in [6.07, 6.45) is 6.86. The minimum atomic E-state index is -0.00128. The summed E-state index contributed by atoms with van der Waals surface area (Å²) < 4.78 is 1.84. The fourth-order valence-electron chi connectivity index (χ4n) is 2.43. The average Bonchev–Trinajstić information content (AvgIpc) is 2.99. The maximum Gasteiger partial charge on any atom is 0.238 e. The molecule has 1 heterocycles. The van der Waals surface area contributed by atoms with Crippen LogP contribution in [0, 0.1) is 0 Å². The van der Waals surface area contributed by atoms with Crippen LogP contribution in [0.1, 0.15) is 52.5 Å². The second-order valence-electron chi connectivity index (χ2n) is 5.43. The van der Waals surface area contributed by atoms with E-state index in [2.05, 4.69) is 24.3 Å². The van der Waals surface area contributed by atoms with Crippen LogP contribution < -0.4 is 5.32 Å². The zero-order chi connectivity index (χ0) is 13.8. The molecule has 0 spiro atoms. The zero-order valence-corrected chi connectivity index (χ0v) is 12.7. The molecule has 19 heavy (non-hydrogen) atoms. The first-order valence-corrected chi connectivity index (χ1v) is 8.02. The van der Waals surface area contributed by atoms with Gasteiger partial charge < -0.3 is 5.32 Å². The smallest absolute Gasteiger partial charge is 0.238 e. The van der Waals surface area contributed by atoms with Crippen LogP contribution in [0.25, 0.3) is 0 Å². The van der Waals surface area contributed by atoms with E-state index in [9.17, 15) is 4.79 Å². The largest absolute Gasteiger partial charge is 0.310 e. The Morgan fingerprint density at radius 2 is 2.11 bits per heavy atom. The van der Waals surface area contributed by atoms with Gasteiger partial charge in [0.2, 0.25) is 5.91 Å². The molecule has 1 N–H and O–H groups in total. The number of hydrogen-bond donors (Lipinski definition) is 1. The van der Waals surface area contributed by atoms with Crippen molar-refractivity contribution in [1.82, 2.24) is 9.78 Å². The van der Waals surface area contributed by atoms with E-state index >= 15 is 0 Å². The molecule has 1 atom stereocenters. The molecule has 0 unspecified atom stereocenters. The maximum absolute atomic E-state index is 12.2. The van der Waals surface area contributed by atoms with Crippen LogP contribution in [0.4, 0.5) is 5.82 Å². The number of aromatic nitrogens is 2. The van der Waals surface area contributed by atoms with Gasteiger partial charge in [0.05, 0.1) is 11.4 Å². The van der Waals surface area contributed by atoms with Gasteiger partial charge in [0.15, 0.2) is 0 Å². The normalized spacial score (nSPS) is 17.9. The Morgan fingerprint density at radius 3 is 2.74 bits per heavy atom. The molecule has 0 aromatic carbocycles. The second-order valence-corrected chi connectivity index (χ2v) is 7.07. The van der Waals surface area contributed by atoms with Crippen LogP contribution in [0.5, 0.6) is 0 Å². The third kappa shape index (κ3) is 3.75. The minimum Gasteiger partial charge on any atom is -0.310 e. The minimum absolute atomic E-state index is 0.00128. The molecular weight excluding hydrogens is 258 g/mol. The highest BCUT2D eigenvalue weighted by Crippen LogP contribution is 2.32. The van der Waals surface area contributed by atoms with E-state index in [4.69, 9.17) is 0 Å². The monoisotopic (exact) mass is 281 g/mol. The summed E-state index contributed by atoms with van der Waals surface area (Å²) >= 11 is 1.81. The van der Waals surface area contributed by atoms with Crippen LogP contribution in [-0.4, -0.2) is 26.2 Å². The Labute approximate surface area is 119 Å². The molecule has 1 aromatic heterocycles. The van der Waals surface area contributed by atoms with E-state index in [-0.39, 0.29) is 17.2 Å². The number of amides is 1. The first-order chi connectivity index (χ1) is 9.08. The molecule has 1 aliphatic rings. The number of carbonyl (C=O) groups excluding carboxylic acids is 1. The Balaban J connectivity index is 1.90. The fraction of sp³-hybridized carbons (Fsp3) is 0.714. The van der Waals surface area contributed by atoms with Crippen molar-refractivity contribution in [2.75, 3.05) is 5.32 Å². The van der Waals surface area contributed by atoms with Gasteiger partial charge in [-0.2, -0.15) is 5.10 Å². The predicted molar refractivity (Wildman–Crippen MR) is 80.6 cm³/mol. The Kier molecular flexibility index (Phi) is 4.91. The molecule has 1 aromatic rings. The molecule has 0 saturated heterocycles. The Morgan fingerprint density at radius 1 is 1.42 bits per heavy atom. The van der Waals surface area contributed by atoms with Crippen LogP contribution in [0.2, 0.25) is 0 Å². The van der Waals surface area contributed by atoms with Crippen molar-refractivity contribution in [3.8, 4) is 0 Å². The van der Waals surface area contributed by atoms with E-state index in [0.717, 1.165) is 5.82 Å². The van der Waals surface area contributed by atoms with Crippen molar-refractivity contribution in [1.29, 1.82) is 0 Å². The van der Waals surface area contributed by atoms with Crippen LogP contribution in [0.15, 0.2) is 12.3 Å². The third-order valence-corrected chi connectivity index (χ3v) is 4.96. The van der Waals surface area contributed by atoms with Gasteiger partial charge in [-0.1, -0.05) is 12.8 Å². The standard InChI is InChI=1S/C14H23N3OS/c1-10(2)17-13(8-9-15-17)16-14(18)11(3)19-12-6-4-5-7-12/h8-12H,4-7H2,1-3H3,(H,16,18)/t11-/m1/s1. The van der Waals surface area contributed by atoms with Crippen molar-refractivity contribution in [2.24, 2.45) is 0 Å². The lowest BCUT2D eigenvalue weighted by atomic mass is 10.4. The van der Waals surface area contributed by atoms with E-state index in [0.29, 0.717) is 5.25 Å². The topological polar surface area (TPSA) is 46.9 Å². The fourth-order valence-corrected chi connectivity index (χ4v) is 3.79. The van der Waals surface area contributed by atoms with E-state index in [1.807, 2.05) is 29.4 Å². The summed E-state index contributed by atoms with van der Waals surface area (Å²) in [6, 6.07) is 2.10. The number of nitrogens with one attached hydrogen (secondary N) is 1. The quantitative estimate of drug-likeness (QED) is 0.899. The molecule has 1 aliphatic carbocycles. The Hall–Kier alpha value is -0.970. The summed E-state index contributed by atoms with van der Waals surface area (Å²) in [5.41, 5.74) is 0. The van der Waals surface area contributed by atoms with Crippen LogP contribution in [-0.2, 0) is 4.79 Å². The van der Waals surface area contributed by atoms with Gasteiger partial charge in [0.25, 0.3) is 0 Å². The van der Waals surface area contributed by atoms with Crippen LogP contribution in [0.3, 0.4) is 0 Å². The first kappa shape index (κ1) is 14.4. The second kappa shape index (κ2) is 6.46. The van der Waals surface area contributed by atoms with Crippen molar-refractivity contribution in [2.45, 2.75) is 63.0 Å². The number of anilines is 1. The molecule has 1 saturated carbocycles. The molecule has 0 bridgehead atoms. The molecule has 0 radical (unpaired) electrons. The van der Waals surface area contributed by atoms with Gasteiger partial charge >= 0.3 is 0 Å². The van der Waals surface area contributed by atoms with Gasteiger partial charge in [0, 0.05) is 17.4 Å². The molecule has 1 fully saturated rings. The summed E-state index contributed by atoms with van der Waals surface area (Å²) in [4.78, 5) is 12.2. The van der Waals surface area contributed by atoms with Crippen molar-refractivity contribution in [3.05, 3.63) is 12.3 Å².